The molecule has 1 atom stereocenters. The first-order valence-electron chi connectivity index (χ1n) is 7.39. The number of nitrogens with one attached hydrogen (secondary N) is 2. The van der Waals surface area contributed by atoms with Gasteiger partial charge < -0.3 is 15.4 Å². The third-order valence-electron chi connectivity index (χ3n) is 3.50. The molecule has 118 valence electrons. The Bertz CT molecular complexity index is 446. The van der Waals surface area contributed by atoms with Gasteiger partial charge in [0.25, 0.3) is 0 Å². The fourth-order valence-electron chi connectivity index (χ4n) is 2.20. The highest BCUT2D eigenvalue weighted by molar-refractivity contribution is 5.93. The second-order valence-corrected chi connectivity index (χ2v) is 5.74. The lowest BCUT2D eigenvalue weighted by molar-refractivity contribution is -0.119. The first kappa shape index (κ1) is 17.8. The normalized spacial score (nSPS) is 17.4. The minimum atomic E-state index is 0. The summed E-state index contributed by atoms with van der Waals surface area (Å²) in [5.41, 5.74) is 0.809. The van der Waals surface area contributed by atoms with E-state index in [0.717, 1.165) is 37.4 Å². The van der Waals surface area contributed by atoms with Crippen LogP contribution in [0.4, 0.5) is 5.69 Å². The van der Waals surface area contributed by atoms with Gasteiger partial charge in [0.2, 0.25) is 5.91 Å². The SMILES string of the molecule is CC(C)CCOc1cccc(NC(=O)C2CCNC2)c1.Cl. The first-order chi connectivity index (χ1) is 9.65. The van der Waals surface area contributed by atoms with Crippen LogP contribution in [0.2, 0.25) is 0 Å². The molecule has 0 aliphatic carbocycles. The smallest absolute Gasteiger partial charge is 0.228 e. The molecule has 1 aliphatic rings. The maximum Gasteiger partial charge on any atom is 0.228 e. The van der Waals surface area contributed by atoms with E-state index < -0.39 is 0 Å². The summed E-state index contributed by atoms with van der Waals surface area (Å²) in [5.74, 6) is 1.62. The van der Waals surface area contributed by atoms with E-state index >= 15 is 0 Å². The van der Waals surface area contributed by atoms with E-state index in [1.807, 2.05) is 24.3 Å². The van der Waals surface area contributed by atoms with Gasteiger partial charge in [-0.1, -0.05) is 19.9 Å². The predicted octanol–water partition coefficient (Wildman–Crippen LogP) is 3.08. The number of carbonyl (C=O) groups excluding carboxylic acids is 1. The molecule has 1 aliphatic heterocycles. The van der Waals surface area contributed by atoms with Crippen LogP contribution >= 0.6 is 12.4 Å². The lowest BCUT2D eigenvalue weighted by atomic mass is 10.1. The number of halogens is 1. The van der Waals surface area contributed by atoms with Crippen molar-refractivity contribution in [1.29, 1.82) is 0 Å². The number of rotatable bonds is 6. The van der Waals surface area contributed by atoms with E-state index in [1.54, 1.807) is 0 Å². The van der Waals surface area contributed by atoms with Crippen LogP contribution < -0.4 is 15.4 Å². The number of anilines is 1. The second-order valence-electron chi connectivity index (χ2n) is 5.74. The summed E-state index contributed by atoms with van der Waals surface area (Å²) in [4.78, 5) is 12.0. The zero-order valence-corrected chi connectivity index (χ0v) is 13.5. The molecule has 0 saturated carbocycles. The summed E-state index contributed by atoms with van der Waals surface area (Å²) in [5, 5.41) is 6.17. The molecule has 1 aromatic rings. The van der Waals surface area contributed by atoms with Crippen molar-refractivity contribution in [2.45, 2.75) is 26.7 Å². The molecule has 1 saturated heterocycles. The summed E-state index contributed by atoms with van der Waals surface area (Å²) in [7, 11) is 0. The zero-order chi connectivity index (χ0) is 14.4. The molecular formula is C16H25ClN2O2. The Hall–Kier alpha value is -1.26. The van der Waals surface area contributed by atoms with Gasteiger partial charge in [-0.2, -0.15) is 0 Å². The Morgan fingerprint density at radius 3 is 2.95 bits per heavy atom. The molecule has 0 radical (unpaired) electrons. The molecule has 2 rings (SSSR count). The van der Waals surface area contributed by atoms with Gasteiger partial charge >= 0.3 is 0 Å². The number of carbonyl (C=O) groups is 1. The van der Waals surface area contributed by atoms with Crippen molar-refractivity contribution in [2.75, 3.05) is 25.0 Å². The molecule has 0 aromatic heterocycles. The van der Waals surface area contributed by atoms with Crippen molar-refractivity contribution in [3.63, 3.8) is 0 Å². The summed E-state index contributed by atoms with van der Waals surface area (Å²) in [6, 6.07) is 7.62. The molecule has 0 spiro atoms. The lowest BCUT2D eigenvalue weighted by Gasteiger charge is -2.12. The quantitative estimate of drug-likeness (QED) is 0.848. The van der Waals surface area contributed by atoms with Gasteiger partial charge in [0.1, 0.15) is 5.75 Å². The summed E-state index contributed by atoms with van der Waals surface area (Å²) in [6.07, 6.45) is 1.95. The molecule has 1 fully saturated rings. The third kappa shape index (κ3) is 5.94. The van der Waals surface area contributed by atoms with Crippen molar-refractivity contribution < 1.29 is 9.53 Å². The first-order valence-corrected chi connectivity index (χ1v) is 7.39. The van der Waals surface area contributed by atoms with Gasteiger partial charge in [0, 0.05) is 18.3 Å². The molecule has 4 nitrogen and oxygen atoms in total. The fraction of sp³-hybridized carbons (Fsp3) is 0.562. The third-order valence-corrected chi connectivity index (χ3v) is 3.50. The standard InChI is InChI=1S/C16H24N2O2.ClH/c1-12(2)7-9-20-15-5-3-4-14(10-15)18-16(19)13-6-8-17-11-13;/h3-5,10,12-13,17H,6-9,11H2,1-2H3,(H,18,19);1H. The number of benzene rings is 1. The van der Waals surface area contributed by atoms with E-state index in [9.17, 15) is 4.79 Å². The van der Waals surface area contributed by atoms with E-state index in [-0.39, 0.29) is 24.2 Å². The van der Waals surface area contributed by atoms with Crippen LogP contribution in [0.1, 0.15) is 26.7 Å². The number of ether oxygens (including phenoxy) is 1. The van der Waals surface area contributed by atoms with Crippen LogP contribution in [0, 0.1) is 11.8 Å². The van der Waals surface area contributed by atoms with E-state index in [4.69, 9.17) is 4.74 Å². The molecule has 2 N–H and O–H groups in total. The maximum atomic E-state index is 12.0. The van der Waals surface area contributed by atoms with Crippen molar-refractivity contribution in [3.05, 3.63) is 24.3 Å². The van der Waals surface area contributed by atoms with Crippen LogP contribution in [0.25, 0.3) is 0 Å². The van der Waals surface area contributed by atoms with Gasteiger partial charge in [-0.3, -0.25) is 4.79 Å². The Balaban J connectivity index is 0.00000220. The topological polar surface area (TPSA) is 50.4 Å². The Labute approximate surface area is 133 Å². The average Bonchev–Trinajstić information content (AvgIpc) is 2.92. The molecule has 1 aromatic carbocycles. The van der Waals surface area contributed by atoms with Crippen molar-refractivity contribution in [1.82, 2.24) is 5.32 Å². The van der Waals surface area contributed by atoms with Gasteiger partial charge in [0.15, 0.2) is 0 Å². The Kier molecular flexibility index (Phi) is 7.54. The minimum Gasteiger partial charge on any atom is -0.494 e. The number of hydrogen-bond acceptors (Lipinski definition) is 3. The number of hydrogen-bond donors (Lipinski definition) is 2. The van der Waals surface area contributed by atoms with Crippen LogP contribution in [0.5, 0.6) is 5.75 Å². The molecule has 1 heterocycles. The average molecular weight is 313 g/mol. The Morgan fingerprint density at radius 2 is 2.29 bits per heavy atom. The maximum absolute atomic E-state index is 12.0. The highest BCUT2D eigenvalue weighted by atomic mass is 35.5. The predicted molar refractivity (Wildman–Crippen MR) is 88.2 cm³/mol. The lowest BCUT2D eigenvalue weighted by Crippen LogP contribution is -2.24. The summed E-state index contributed by atoms with van der Waals surface area (Å²) in [6.45, 7) is 6.76. The monoisotopic (exact) mass is 312 g/mol. The van der Waals surface area contributed by atoms with Crippen LogP contribution in [-0.4, -0.2) is 25.6 Å². The van der Waals surface area contributed by atoms with Gasteiger partial charge in [-0.15, -0.1) is 12.4 Å². The van der Waals surface area contributed by atoms with Crippen molar-refractivity contribution >= 4 is 24.0 Å². The van der Waals surface area contributed by atoms with Crippen molar-refractivity contribution in [3.8, 4) is 5.75 Å². The highest BCUT2D eigenvalue weighted by Gasteiger charge is 2.22. The minimum absolute atomic E-state index is 0. The van der Waals surface area contributed by atoms with Crippen LogP contribution in [0.3, 0.4) is 0 Å². The van der Waals surface area contributed by atoms with Crippen LogP contribution in [0.15, 0.2) is 24.3 Å². The van der Waals surface area contributed by atoms with E-state index in [2.05, 4.69) is 24.5 Å². The molecule has 1 unspecified atom stereocenters. The van der Waals surface area contributed by atoms with Crippen LogP contribution in [-0.2, 0) is 4.79 Å². The summed E-state index contributed by atoms with van der Waals surface area (Å²) < 4.78 is 5.70. The fourth-order valence-corrected chi connectivity index (χ4v) is 2.20. The van der Waals surface area contributed by atoms with Crippen molar-refractivity contribution in [2.24, 2.45) is 11.8 Å². The van der Waals surface area contributed by atoms with Gasteiger partial charge in [0.05, 0.1) is 12.5 Å². The van der Waals surface area contributed by atoms with E-state index in [0.29, 0.717) is 12.5 Å². The van der Waals surface area contributed by atoms with E-state index in [1.165, 1.54) is 0 Å². The zero-order valence-electron chi connectivity index (χ0n) is 12.7. The summed E-state index contributed by atoms with van der Waals surface area (Å²) >= 11 is 0. The molecule has 0 bridgehead atoms. The number of amides is 1. The second kappa shape index (κ2) is 8.90. The van der Waals surface area contributed by atoms with Gasteiger partial charge in [-0.25, -0.2) is 0 Å². The molecule has 21 heavy (non-hydrogen) atoms. The molecule has 1 amide bonds. The Morgan fingerprint density at radius 1 is 1.48 bits per heavy atom. The van der Waals surface area contributed by atoms with Gasteiger partial charge in [-0.05, 0) is 37.4 Å². The highest BCUT2D eigenvalue weighted by Crippen LogP contribution is 2.19. The largest absolute Gasteiger partial charge is 0.494 e. The molecular weight excluding hydrogens is 288 g/mol. The molecule has 5 heteroatoms.